The number of piperidine rings is 1. The molecule has 3 heterocycles. The van der Waals surface area contributed by atoms with Crippen LogP contribution in [0.25, 0.3) is 0 Å². The average Bonchev–Trinajstić information content (AvgIpc) is 3.02. The maximum Gasteiger partial charge on any atom is 0.323 e. The van der Waals surface area contributed by atoms with Gasteiger partial charge in [0.15, 0.2) is 5.13 Å². The van der Waals surface area contributed by atoms with E-state index in [4.69, 9.17) is 0 Å². The van der Waals surface area contributed by atoms with Crippen LogP contribution in [0.3, 0.4) is 0 Å². The fourth-order valence-electron chi connectivity index (χ4n) is 2.88. The third kappa shape index (κ3) is 4.43. The molecule has 0 saturated carbocycles. The van der Waals surface area contributed by atoms with E-state index in [1.807, 2.05) is 6.92 Å². The van der Waals surface area contributed by atoms with Gasteiger partial charge in [0.1, 0.15) is 5.69 Å². The van der Waals surface area contributed by atoms with Crippen LogP contribution < -0.4 is 10.9 Å². The highest BCUT2D eigenvalue weighted by atomic mass is 32.1. The average molecular weight is 383 g/mol. The fraction of sp³-hybridized carbons (Fsp3) is 0.500. The molecule has 3 rings (SSSR count). The van der Waals surface area contributed by atoms with Crippen molar-refractivity contribution in [2.45, 2.75) is 32.7 Å². The summed E-state index contributed by atoms with van der Waals surface area (Å²) in [6.45, 7) is 3.47. The Morgan fingerprint density at radius 2 is 2.12 bits per heavy atom. The van der Waals surface area contributed by atoms with Gasteiger partial charge in [0.05, 0.1) is 6.33 Å². The summed E-state index contributed by atoms with van der Waals surface area (Å²) >= 11 is 1.42. The molecule has 0 bridgehead atoms. The van der Waals surface area contributed by atoms with Crippen molar-refractivity contribution >= 4 is 22.5 Å². The number of rotatable bonds is 4. The predicted octanol–water partition coefficient (Wildman–Crippen LogP) is 2.89. The Hall–Kier alpha value is -2.36. The number of thiazole rings is 1. The molecule has 2 aromatic rings. The first-order valence-corrected chi connectivity index (χ1v) is 9.07. The Kier molecular flexibility index (Phi) is 5.60. The number of carbonyl (C=O) groups is 1. The minimum Gasteiger partial charge on any atom is -0.324 e. The second-order valence-electron chi connectivity index (χ2n) is 6.24. The van der Waals surface area contributed by atoms with Gasteiger partial charge in [-0.2, -0.15) is 0 Å². The maximum atomic E-state index is 12.6. The number of anilines is 1. The number of urea groups is 1. The molecule has 1 aliphatic rings. The lowest BCUT2D eigenvalue weighted by atomic mass is 9.97. The van der Waals surface area contributed by atoms with E-state index in [1.165, 1.54) is 22.2 Å². The predicted molar refractivity (Wildman–Crippen MR) is 93.6 cm³/mol. The molecule has 10 heteroatoms. The van der Waals surface area contributed by atoms with Gasteiger partial charge in [0.2, 0.25) is 0 Å². The minimum absolute atomic E-state index is 0.182. The molecule has 1 fully saturated rings. The van der Waals surface area contributed by atoms with Crippen molar-refractivity contribution in [1.82, 2.24) is 19.4 Å². The molecule has 0 aromatic carbocycles. The Labute approximate surface area is 152 Å². The molecule has 0 atom stereocenters. The number of hydrogen-bond donors (Lipinski definition) is 1. The van der Waals surface area contributed by atoms with E-state index in [-0.39, 0.29) is 11.9 Å². The van der Waals surface area contributed by atoms with Crippen molar-refractivity contribution in [3.05, 3.63) is 39.5 Å². The lowest BCUT2D eigenvalue weighted by molar-refractivity contribution is 0.145. The van der Waals surface area contributed by atoms with Crippen LogP contribution in [0.15, 0.2) is 23.4 Å². The van der Waals surface area contributed by atoms with Gasteiger partial charge in [-0.05, 0) is 25.7 Å². The highest BCUT2D eigenvalue weighted by Gasteiger charge is 2.24. The molecular weight excluding hydrogens is 364 g/mol. The summed E-state index contributed by atoms with van der Waals surface area (Å²) < 4.78 is 26.5. The van der Waals surface area contributed by atoms with Gasteiger partial charge in [0, 0.05) is 36.8 Å². The molecule has 2 amide bonds. The Bertz CT molecular complexity index is 830. The van der Waals surface area contributed by atoms with Crippen LogP contribution in [-0.4, -0.2) is 38.6 Å². The summed E-state index contributed by atoms with van der Waals surface area (Å²) in [7, 11) is 0. The van der Waals surface area contributed by atoms with E-state index in [0.29, 0.717) is 24.8 Å². The standard InChI is InChI=1S/C16H19F2N5O2S/c1-10-7-19-15(26-10)21-16(25)22-4-2-11(3-5-22)8-23-9-20-12(14(17)18)6-13(23)24/h6-7,9,11,14H,2-5,8H2,1H3,(H,19,21,25). The Morgan fingerprint density at radius 3 is 2.69 bits per heavy atom. The first-order chi connectivity index (χ1) is 12.4. The van der Waals surface area contributed by atoms with Crippen molar-refractivity contribution in [2.75, 3.05) is 18.4 Å². The molecule has 0 unspecified atom stereocenters. The molecule has 26 heavy (non-hydrogen) atoms. The summed E-state index contributed by atoms with van der Waals surface area (Å²) in [5.41, 5.74) is -0.982. The summed E-state index contributed by atoms with van der Waals surface area (Å²) in [5, 5.41) is 3.36. The van der Waals surface area contributed by atoms with E-state index in [2.05, 4.69) is 15.3 Å². The first-order valence-electron chi connectivity index (χ1n) is 8.25. The van der Waals surface area contributed by atoms with E-state index in [1.54, 1.807) is 11.1 Å². The highest BCUT2D eigenvalue weighted by molar-refractivity contribution is 7.15. The monoisotopic (exact) mass is 383 g/mol. The molecule has 7 nitrogen and oxygen atoms in total. The summed E-state index contributed by atoms with van der Waals surface area (Å²) in [4.78, 5) is 34.6. The lowest BCUT2D eigenvalue weighted by Crippen LogP contribution is -2.42. The molecule has 140 valence electrons. The SMILES string of the molecule is Cc1cnc(NC(=O)N2CCC(Cn3cnc(C(F)F)cc3=O)CC2)s1. The van der Waals surface area contributed by atoms with E-state index >= 15 is 0 Å². The summed E-state index contributed by atoms with van der Waals surface area (Å²) in [5.74, 6) is 0.193. The van der Waals surface area contributed by atoms with Crippen LogP contribution >= 0.6 is 11.3 Å². The van der Waals surface area contributed by atoms with E-state index in [9.17, 15) is 18.4 Å². The van der Waals surface area contributed by atoms with Gasteiger partial charge in [-0.25, -0.2) is 23.5 Å². The number of alkyl halides is 2. The second-order valence-corrected chi connectivity index (χ2v) is 7.48. The number of likely N-dealkylation sites (tertiary alicyclic amines) is 1. The molecule has 1 N–H and O–H groups in total. The minimum atomic E-state index is -2.75. The zero-order valence-corrected chi connectivity index (χ0v) is 15.0. The Balaban J connectivity index is 1.52. The first kappa shape index (κ1) is 18.4. The molecule has 0 radical (unpaired) electrons. The van der Waals surface area contributed by atoms with Crippen molar-refractivity contribution in [2.24, 2.45) is 5.92 Å². The number of carbonyl (C=O) groups excluding carboxylic acids is 1. The summed E-state index contributed by atoms with van der Waals surface area (Å²) in [6, 6.07) is 0.696. The quantitative estimate of drug-likeness (QED) is 0.880. The number of hydrogen-bond acceptors (Lipinski definition) is 5. The van der Waals surface area contributed by atoms with Crippen LogP contribution in [0.1, 0.15) is 29.8 Å². The number of aromatic nitrogens is 3. The third-order valence-corrected chi connectivity index (χ3v) is 5.14. The largest absolute Gasteiger partial charge is 0.324 e. The number of aryl methyl sites for hydroxylation is 1. The Morgan fingerprint density at radius 1 is 1.38 bits per heavy atom. The van der Waals surface area contributed by atoms with E-state index in [0.717, 1.165) is 23.8 Å². The van der Waals surface area contributed by atoms with E-state index < -0.39 is 17.7 Å². The normalized spacial score (nSPS) is 15.5. The molecule has 0 aliphatic carbocycles. The fourth-order valence-corrected chi connectivity index (χ4v) is 3.53. The summed E-state index contributed by atoms with van der Waals surface area (Å²) in [6.07, 6.45) is 1.59. The van der Waals surface area contributed by atoms with Crippen LogP contribution in [0.5, 0.6) is 0 Å². The van der Waals surface area contributed by atoms with Crippen LogP contribution in [0, 0.1) is 12.8 Å². The molecular formula is C16H19F2N5O2S. The number of nitrogens with zero attached hydrogens (tertiary/aromatic N) is 4. The molecule has 1 saturated heterocycles. The zero-order chi connectivity index (χ0) is 18.7. The van der Waals surface area contributed by atoms with Gasteiger partial charge in [-0.1, -0.05) is 0 Å². The lowest BCUT2D eigenvalue weighted by Gasteiger charge is -2.31. The van der Waals surface area contributed by atoms with Gasteiger partial charge >= 0.3 is 6.03 Å². The van der Waals surface area contributed by atoms with Crippen LogP contribution in [0.2, 0.25) is 0 Å². The van der Waals surface area contributed by atoms with Crippen LogP contribution in [0.4, 0.5) is 18.7 Å². The van der Waals surface area contributed by atoms with Gasteiger partial charge in [0.25, 0.3) is 12.0 Å². The third-order valence-electron chi connectivity index (χ3n) is 4.32. The molecule has 0 spiro atoms. The van der Waals surface area contributed by atoms with Gasteiger partial charge in [-0.15, -0.1) is 11.3 Å². The topological polar surface area (TPSA) is 80.1 Å². The number of amides is 2. The van der Waals surface area contributed by atoms with Gasteiger partial charge < -0.3 is 4.90 Å². The number of halogens is 2. The molecule has 1 aliphatic heterocycles. The van der Waals surface area contributed by atoms with Gasteiger partial charge in [-0.3, -0.25) is 14.7 Å². The van der Waals surface area contributed by atoms with Crippen molar-refractivity contribution in [1.29, 1.82) is 0 Å². The van der Waals surface area contributed by atoms with Crippen molar-refractivity contribution in [3.63, 3.8) is 0 Å². The second kappa shape index (κ2) is 7.90. The highest BCUT2D eigenvalue weighted by Crippen LogP contribution is 2.21. The smallest absolute Gasteiger partial charge is 0.323 e. The van der Waals surface area contributed by atoms with Crippen LogP contribution in [-0.2, 0) is 6.54 Å². The number of nitrogens with one attached hydrogen (secondary N) is 1. The van der Waals surface area contributed by atoms with Crippen molar-refractivity contribution in [3.8, 4) is 0 Å². The maximum absolute atomic E-state index is 12.6. The molecule has 2 aromatic heterocycles. The zero-order valence-electron chi connectivity index (χ0n) is 14.2. The van der Waals surface area contributed by atoms with Crippen molar-refractivity contribution < 1.29 is 13.6 Å².